The van der Waals surface area contributed by atoms with Gasteiger partial charge in [-0.1, -0.05) is 30.3 Å². The van der Waals surface area contributed by atoms with Gasteiger partial charge in [0.15, 0.2) is 5.94 Å². The highest BCUT2D eigenvalue weighted by Crippen LogP contribution is 1.99. The summed E-state index contributed by atoms with van der Waals surface area (Å²) < 4.78 is 0. The van der Waals surface area contributed by atoms with E-state index in [0.717, 1.165) is 11.5 Å². The van der Waals surface area contributed by atoms with E-state index >= 15 is 0 Å². The second-order valence-electron chi connectivity index (χ2n) is 4.39. The first kappa shape index (κ1) is 20.3. The molecule has 0 spiro atoms. The van der Waals surface area contributed by atoms with Crippen molar-refractivity contribution in [2.75, 3.05) is 6.54 Å². The quantitative estimate of drug-likeness (QED) is 0.324. The number of carboxylic acid groups (broad SMARTS) is 2. The summed E-state index contributed by atoms with van der Waals surface area (Å²) in [7, 11) is 0. The van der Waals surface area contributed by atoms with Crippen LogP contribution in [-0.2, 0) is 21.0 Å². The lowest BCUT2D eigenvalue weighted by Crippen LogP contribution is -2.38. The van der Waals surface area contributed by atoms with Gasteiger partial charge in [0.2, 0.25) is 5.70 Å². The molecule has 23 heavy (non-hydrogen) atoms. The van der Waals surface area contributed by atoms with Crippen LogP contribution in [0.15, 0.2) is 36.0 Å². The second-order valence-corrected chi connectivity index (χ2v) is 4.39. The van der Waals surface area contributed by atoms with E-state index in [1.165, 1.54) is 0 Å². The van der Waals surface area contributed by atoms with Gasteiger partial charge in [-0.05, 0) is 24.9 Å². The molecule has 0 aromatic heterocycles. The van der Waals surface area contributed by atoms with Gasteiger partial charge in [-0.25, -0.2) is 14.4 Å². The molecule has 1 aromatic carbocycles. The van der Waals surface area contributed by atoms with Crippen LogP contribution in [0.5, 0.6) is 0 Å². The van der Waals surface area contributed by atoms with Gasteiger partial charge in [0.05, 0.1) is 6.61 Å². The van der Waals surface area contributed by atoms with Crippen LogP contribution < -0.4 is 11.1 Å². The van der Waals surface area contributed by atoms with Crippen molar-refractivity contribution in [1.29, 1.82) is 0 Å². The topological polar surface area (TPSA) is 150 Å². The number of aliphatic hydroxyl groups is 1. The highest BCUT2D eigenvalue weighted by Gasteiger charge is 2.20. The standard InChI is InChI=1S/C8H12N2O5.C7H8O/c9-3-1-2-5(7(12)13)10-6(4-11)8(14)15;8-6-7-4-2-1-3-5-7/h5,10H,1-3,9H2,(H,12,13)(H,14,15);1-5,8H,6H2. The van der Waals surface area contributed by atoms with Gasteiger partial charge in [0.25, 0.3) is 0 Å². The molecule has 1 atom stereocenters. The Morgan fingerprint density at radius 2 is 1.83 bits per heavy atom. The van der Waals surface area contributed by atoms with Crippen molar-refractivity contribution in [2.45, 2.75) is 25.5 Å². The molecule has 1 rings (SSSR count). The maximum Gasteiger partial charge on any atom is 0.363 e. The van der Waals surface area contributed by atoms with Crippen molar-refractivity contribution in [2.24, 2.45) is 5.73 Å². The van der Waals surface area contributed by atoms with Crippen LogP contribution in [0.4, 0.5) is 0 Å². The summed E-state index contributed by atoms with van der Waals surface area (Å²) in [5, 5.41) is 27.7. The molecule has 8 heteroatoms. The van der Waals surface area contributed by atoms with Gasteiger partial charge in [-0.2, -0.15) is 0 Å². The van der Waals surface area contributed by atoms with Crippen LogP contribution in [0.1, 0.15) is 18.4 Å². The fourth-order valence-corrected chi connectivity index (χ4v) is 1.47. The van der Waals surface area contributed by atoms with Gasteiger partial charge in [0, 0.05) is 0 Å². The van der Waals surface area contributed by atoms with E-state index in [0.29, 0.717) is 13.0 Å². The molecule has 0 aliphatic rings. The molecule has 0 heterocycles. The Bertz CT molecular complexity index is 540. The van der Waals surface area contributed by atoms with Gasteiger partial charge in [0.1, 0.15) is 6.04 Å². The van der Waals surface area contributed by atoms with E-state index in [1.54, 1.807) is 0 Å². The van der Waals surface area contributed by atoms with Crippen LogP contribution in [0.2, 0.25) is 0 Å². The number of hydrogen-bond acceptors (Lipinski definition) is 6. The Hall–Kier alpha value is -2.67. The van der Waals surface area contributed by atoms with Crippen molar-refractivity contribution in [3.63, 3.8) is 0 Å². The summed E-state index contributed by atoms with van der Waals surface area (Å²) in [6, 6.07) is 8.39. The number of nitrogens with one attached hydrogen (secondary N) is 1. The first-order chi connectivity index (χ1) is 11.0. The number of carbonyl (C=O) groups excluding carboxylic acids is 1. The van der Waals surface area contributed by atoms with E-state index in [9.17, 15) is 14.4 Å². The maximum atomic E-state index is 10.6. The molecule has 126 valence electrons. The molecule has 0 aliphatic carbocycles. The third kappa shape index (κ3) is 9.05. The largest absolute Gasteiger partial charge is 0.480 e. The minimum absolute atomic E-state index is 0.140. The predicted octanol–water partition coefficient (Wildman–Crippen LogP) is -0.253. The van der Waals surface area contributed by atoms with Crippen LogP contribution in [-0.4, -0.2) is 45.8 Å². The van der Waals surface area contributed by atoms with Crippen LogP contribution in [0.3, 0.4) is 0 Å². The lowest BCUT2D eigenvalue weighted by atomic mass is 10.1. The van der Waals surface area contributed by atoms with E-state index in [-0.39, 0.29) is 13.0 Å². The molecule has 6 N–H and O–H groups in total. The average molecular weight is 324 g/mol. The summed E-state index contributed by atoms with van der Waals surface area (Å²) in [6.45, 7) is 0.430. The van der Waals surface area contributed by atoms with E-state index < -0.39 is 23.7 Å². The number of benzene rings is 1. The minimum Gasteiger partial charge on any atom is -0.480 e. The Labute approximate surface area is 133 Å². The third-order valence-electron chi connectivity index (χ3n) is 2.65. The Balaban J connectivity index is 0.000000502. The van der Waals surface area contributed by atoms with Gasteiger partial charge >= 0.3 is 11.9 Å². The molecule has 0 bridgehead atoms. The average Bonchev–Trinajstić information content (AvgIpc) is 2.55. The lowest BCUT2D eigenvalue weighted by molar-refractivity contribution is -0.139. The summed E-state index contributed by atoms with van der Waals surface area (Å²) in [6.07, 6.45) is 0.556. The zero-order valence-corrected chi connectivity index (χ0v) is 12.4. The predicted molar refractivity (Wildman–Crippen MR) is 82.1 cm³/mol. The van der Waals surface area contributed by atoms with Gasteiger partial charge in [-0.15, -0.1) is 0 Å². The van der Waals surface area contributed by atoms with Crippen molar-refractivity contribution in [3.05, 3.63) is 41.6 Å². The zero-order chi connectivity index (χ0) is 17.7. The highest BCUT2D eigenvalue weighted by molar-refractivity contribution is 5.95. The molecular weight excluding hydrogens is 304 g/mol. The fraction of sp³-hybridized carbons (Fsp3) is 0.333. The zero-order valence-electron chi connectivity index (χ0n) is 12.4. The number of carboxylic acids is 2. The molecule has 1 unspecified atom stereocenters. The maximum absolute atomic E-state index is 10.6. The molecule has 0 radical (unpaired) electrons. The number of aliphatic carboxylic acids is 2. The molecule has 1 aromatic rings. The van der Waals surface area contributed by atoms with Gasteiger partial charge in [-0.3, -0.25) is 0 Å². The van der Waals surface area contributed by atoms with Crippen molar-refractivity contribution >= 4 is 17.9 Å². The number of carbonyl (C=O) groups is 2. The number of hydrogen-bond donors (Lipinski definition) is 5. The highest BCUT2D eigenvalue weighted by atomic mass is 16.4. The first-order valence-corrected chi connectivity index (χ1v) is 6.78. The van der Waals surface area contributed by atoms with Crippen LogP contribution in [0, 0.1) is 0 Å². The van der Waals surface area contributed by atoms with Crippen LogP contribution in [0.25, 0.3) is 0 Å². The summed E-state index contributed by atoms with van der Waals surface area (Å²) in [5.41, 5.74) is 5.35. The Morgan fingerprint density at radius 1 is 1.22 bits per heavy atom. The molecule has 0 fully saturated rings. The molecule has 0 saturated heterocycles. The smallest absolute Gasteiger partial charge is 0.363 e. The molecule has 0 saturated carbocycles. The van der Waals surface area contributed by atoms with E-state index in [2.05, 4.69) is 5.32 Å². The fourth-order valence-electron chi connectivity index (χ4n) is 1.47. The first-order valence-electron chi connectivity index (χ1n) is 6.78. The molecule has 8 nitrogen and oxygen atoms in total. The van der Waals surface area contributed by atoms with Crippen molar-refractivity contribution < 1.29 is 29.7 Å². The minimum atomic E-state index is -1.54. The van der Waals surface area contributed by atoms with Crippen LogP contribution >= 0.6 is 0 Å². The number of nitrogens with two attached hydrogens (primary N) is 1. The third-order valence-corrected chi connectivity index (χ3v) is 2.65. The molecular formula is C15H20N2O6. The van der Waals surface area contributed by atoms with Gasteiger partial charge < -0.3 is 26.4 Å². The van der Waals surface area contributed by atoms with Crippen molar-refractivity contribution in [3.8, 4) is 0 Å². The lowest BCUT2D eigenvalue weighted by Gasteiger charge is -2.13. The Kier molecular flexibility index (Phi) is 10.5. The normalized spacial score (nSPS) is 10.5. The number of aliphatic hydroxyl groups excluding tert-OH is 1. The SMILES string of the molecule is NCCCC(NC(=C=O)C(=O)O)C(=O)O.OCc1ccccc1. The van der Waals surface area contributed by atoms with E-state index in [1.807, 2.05) is 30.3 Å². The monoisotopic (exact) mass is 324 g/mol. The molecule has 0 aliphatic heterocycles. The summed E-state index contributed by atoms with van der Waals surface area (Å²) >= 11 is 0. The summed E-state index contributed by atoms with van der Waals surface area (Å²) in [5.74, 6) is -1.65. The Morgan fingerprint density at radius 3 is 2.17 bits per heavy atom. The second kappa shape index (κ2) is 11.9. The summed E-state index contributed by atoms with van der Waals surface area (Å²) in [4.78, 5) is 31.2. The van der Waals surface area contributed by atoms with E-state index in [4.69, 9.17) is 21.1 Å². The van der Waals surface area contributed by atoms with Crippen molar-refractivity contribution in [1.82, 2.24) is 5.32 Å². The molecule has 0 amide bonds. The number of rotatable bonds is 8.